The second-order valence-corrected chi connectivity index (χ2v) is 4.86. The summed E-state index contributed by atoms with van der Waals surface area (Å²) >= 11 is 0. The van der Waals surface area contributed by atoms with E-state index in [1.54, 1.807) is 0 Å². The Morgan fingerprint density at radius 2 is 1.69 bits per heavy atom. The summed E-state index contributed by atoms with van der Waals surface area (Å²) in [6, 6.07) is 0.891. The van der Waals surface area contributed by atoms with E-state index >= 15 is 0 Å². The Morgan fingerprint density at radius 3 is 2.23 bits per heavy atom. The summed E-state index contributed by atoms with van der Waals surface area (Å²) < 4.78 is 0. The summed E-state index contributed by atoms with van der Waals surface area (Å²) in [5.74, 6) is 2.08. The Hall–Kier alpha value is -0.0400. The maximum absolute atomic E-state index is 3.77. The monoisotopic (exact) mass is 181 g/mol. The lowest BCUT2D eigenvalue weighted by atomic mass is 9.94. The minimum atomic E-state index is 0.891. The molecule has 0 aromatic heterocycles. The van der Waals surface area contributed by atoms with Crippen LogP contribution in [0.15, 0.2) is 0 Å². The van der Waals surface area contributed by atoms with Gasteiger partial charge in [-0.3, -0.25) is 0 Å². The molecule has 2 rings (SSSR count). The molecule has 1 heteroatoms. The first kappa shape index (κ1) is 9.51. The number of rotatable bonds is 5. The van der Waals surface area contributed by atoms with Gasteiger partial charge in [-0.15, -0.1) is 0 Å². The zero-order valence-electron chi connectivity index (χ0n) is 8.89. The van der Waals surface area contributed by atoms with Gasteiger partial charge in [-0.2, -0.15) is 0 Å². The zero-order valence-corrected chi connectivity index (χ0v) is 8.89. The molecule has 2 saturated carbocycles. The van der Waals surface area contributed by atoms with Gasteiger partial charge in [0.25, 0.3) is 0 Å². The van der Waals surface area contributed by atoms with Crippen LogP contribution in [0.5, 0.6) is 0 Å². The molecule has 0 aromatic carbocycles. The highest BCUT2D eigenvalue weighted by Gasteiger charge is 2.36. The van der Waals surface area contributed by atoms with Gasteiger partial charge in [-0.05, 0) is 50.5 Å². The molecule has 0 aromatic rings. The third kappa shape index (κ3) is 2.46. The fourth-order valence-electron chi connectivity index (χ4n) is 2.80. The van der Waals surface area contributed by atoms with E-state index in [4.69, 9.17) is 0 Å². The third-order valence-corrected chi connectivity index (χ3v) is 3.67. The molecule has 0 bridgehead atoms. The number of hydrogen-bond acceptors (Lipinski definition) is 1. The van der Waals surface area contributed by atoms with Crippen LogP contribution in [0.1, 0.15) is 51.9 Å². The lowest BCUT2D eigenvalue weighted by Crippen LogP contribution is -2.37. The molecule has 0 heterocycles. The molecule has 1 unspecified atom stereocenters. The van der Waals surface area contributed by atoms with Gasteiger partial charge in [0.05, 0.1) is 0 Å². The Labute approximate surface area is 82.3 Å². The molecule has 1 atom stereocenters. The molecule has 76 valence electrons. The Bertz CT molecular complexity index is 145. The molecule has 2 fully saturated rings. The van der Waals surface area contributed by atoms with E-state index in [0.29, 0.717) is 0 Å². The van der Waals surface area contributed by atoms with Crippen molar-refractivity contribution in [2.75, 3.05) is 6.54 Å². The fraction of sp³-hybridized carbons (Fsp3) is 1.00. The van der Waals surface area contributed by atoms with Crippen molar-refractivity contribution >= 4 is 0 Å². The van der Waals surface area contributed by atoms with Gasteiger partial charge in [0.1, 0.15) is 0 Å². The van der Waals surface area contributed by atoms with E-state index in [0.717, 1.165) is 17.9 Å². The van der Waals surface area contributed by atoms with E-state index in [1.807, 2.05) is 0 Å². The second-order valence-electron chi connectivity index (χ2n) is 4.86. The summed E-state index contributed by atoms with van der Waals surface area (Å²) in [6.07, 6.45) is 10.3. The average molecular weight is 181 g/mol. The van der Waals surface area contributed by atoms with E-state index in [9.17, 15) is 0 Å². The Balaban J connectivity index is 1.80. The first-order chi connectivity index (χ1) is 6.42. The average Bonchev–Trinajstić information content (AvgIpc) is 2.82. The molecule has 0 radical (unpaired) electrons. The van der Waals surface area contributed by atoms with Crippen LogP contribution >= 0.6 is 0 Å². The summed E-state index contributed by atoms with van der Waals surface area (Å²) in [4.78, 5) is 0. The van der Waals surface area contributed by atoms with Gasteiger partial charge in [-0.1, -0.05) is 19.8 Å². The summed E-state index contributed by atoms with van der Waals surface area (Å²) in [6.45, 7) is 3.50. The summed E-state index contributed by atoms with van der Waals surface area (Å²) in [5, 5.41) is 3.77. The highest BCUT2D eigenvalue weighted by Crippen LogP contribution is 2.40. The van der Waals surface area contributed by atoms with Crippen LogP contribution in [-0.4, -0.2) is 12.6 Å². The molecule has 1 nitrogen and oxygen atoms in total. The van der Waals surface area contributed by atoms with Gasteiger partial charge in [0, 0.05) is 6.04 Å². The quantitative estimate of drug-likeness (QED) is 0.687. The highest BCUT2D eigenvalue weighted by molar-refractivity contribution is 4.92. The van der Waals surface area contributed by atoms with Gasteiger partial charge in [0.15, 0.2) is 0 Å². The molecular formula is C12H23N. The van der Waals surface area contributed by atoms with Crippen molar-refractivity contribution in [3.05, 3.63) is 0 Å². The standard InChI is InChI=1S/C12H23N/c1-2-9-13-12(11-7-8-11)10-5-3-4-6-10/h10-13H,2-9H2,1H3. The van der Waals surface area contributed by atoms with Crippen molar-refractivity contribution in [1.29, 1.82) is 0 Å². The van der Waals surface area contributed by atoms with Gasteiger partial charge >= 0.3 is 0 Å². The van der Waals surface area contributed by atoms with Crippen molar-refractivity contribution in [3.8, 4) is 0 Å². The van der Waals surface area contributed by atoms with Gasteiger partial charge in [0.2, 0.25) is 0 Å². The van der Waals surface area contributed by atoms with E-state index in [2.05, 4.69) is 12.2 Å². The van der Waals surface area contributed by atoms with Crippen molar-refractivity contribution in [3.63, 3.8) is 0 Å². The minimum absolute atomic E-state index is 0.891. The Kier molecular flexibility index (Phi) is 3.26. The maximum atomic E-state index is 3.77. The summed E-state index contributed by atoms with van der Waals surface area (Å²) in [5.41, 5.74) is 0. The molecule has 2 aliphatic carbocycles. The maximum Gasteiger partial charge on any atom is 0.0124 e. The molecule has 0 amide bonds. The van der Waals surface area contributed by atoms with Gasteiger partial charge in [-0.25, -0.2) is 0 Å². The number of nitrogens with one attached hydrogen (secondary N) is 1. The van der Waals surface area contributed by atoms with Crippen molar-refractivity contribution in [2.24, 2.45) is 11.8 Å². The first-order valence-electron chi connectivity index (χ1n) is 6.15. The fourth-order valence-corrected chi connectivity index (χ4v) is 2.80. The van der Waals surface area contributed by atoms with Crippen LogP contribution in [0.4, 0.5) is 0 Å². The molecule has 2 aliphatic rings. The van der Waals surface area contributed by atoms with Gasteiger partial charge < -0.3 is 5.32 Å². The van der Waals surface area contributed by atoms with Crippen LogP contribution in [0, 0.1) is 11.8 Å². The topological polar surface area (TPSA) is 12.0 Å². The lowest BCUT2D eigenvalue weighted by Gasteiger charge is -2.24. The second kappa shape index (κ2) is 4.45. The van der Waals surface area contributed by atoms with Crippen LogP contribution in [0.2, 0.25) is 0 Å². The molecule has 1 N–H and O–H groups in total. The van der Waals surface area contributed by atoms with E-state index in [-0.39, 0.29) is 0 Å². The first-order valence-corrected chi connectivity index (χ1v) is 6.15. The summed E-state index contributed by atoms with van der Waals surface area (Å²) in [7, 11) is 0. The Morgan fingerprint density at radius 1 is 1.08 bits per heavy atom. The minimum Gasteiger partial charge on any atom is -0.313 e. The molecule has 0 saturated heterocycles. The molecule has 0 spiro atoms. The normalized spacial score (nSPS) is 26.5. The van der Waals surface area contributed by atoms with Crippen molar-refractivity contribution < 1.29 is 0 Å². The predicted molar refractivity (Wildman–Crippen MR) is 56.8 cm³/mol. The van der Waals surface area contributed by atoms with Crippen LogP contribution in [0.25, 0.3) is 0 Å². The number of hydrogen-bond donors (Lipinski definition) is 1. The smallest absolute Gasteiger partial charge is 0.0124 e. The largest absolute Gasteiger partial charge is 0.313 e. The molecule has 13 heavy (non-hydrogen) atoms. The van der Waals surface area contributed by atoms with E-state index in [1.165, 1.54) is 51.5 Å². The van der Waals surface area contributed by atoms with Crippen LogP contribution < -0.4 is 5.32 Å². The lowest BCUT2D eigenvalue weighted by molar-refractivity contribution is 0.326. The van der Waals surface area contributed by atoms with E-state index < -0.39 is 0 Å². The third-order valence-electron chi connectivity index (χ3n) is 3.67. The molecular weight excluding hydrogens is 158 g/mol. The highest BCUT2D eigenvalue weighted by atomic mass is 14.9. The van der Waals surface area contributed by atoms with Crippen LogP contribution in [0.3, 0.4) is 0 Å². The van der Waals surface area contributed by atoms with Crippen molar-refractivity contribution in [2.45, 2.75) is 57.9 Å². The zero-order chi connectivity index (χ0) is 9.10. The SMILES string of the molecule is CCCNC(C1CCCC1)C1CC1. The van der Waals surface area contributed by atoms with Crippen LogP contribution in [-0.2, 0) is 0 Å². The van der Waals surface area contributed by atoms with Crippen molar-refractivity contribution in [1.82, 2.24) is 5.32 Å². The predicted octanol–water partition coefficient (Wildman–Crippen LogP) is 2.95. The molecule has 0 aliphatic heterocycles.